The molecule has 4 rings (SSSR count). The van der Waals surface area contributed by atoms with Gasteiger partial charge < -0.3 is 17.2 Å². The van der Waals surface area contributed by atoms with Gasteiger partial charge in [0.2, 0.25) is 0 Å². The van der Waals surface area contributed by atoms with Gasteiger partial charge in [-0.2, -0.15) is 0 Å². The second-order valence-electron chi connectivity index (χ2n) is 8.02. The summed E-state index contributed by atoms with van der Waals surface area (Å²) in [6, 6.07) is 24.9. The second-order valence-corrected chi connectivity index (χ2v) is 8.02. The minimum absolute atomic E-state index is 0.774. The molecule has 6 N–H and O–H groups in total. The third kappa shape index (κ3) is 3.74. The Labute approximate surface area is 178 Å². The largest absolute Gasteiger partial charge is 0.399 e. The van der Waals surface area contributed by atoms with Crippen LogP contribution in [0.5, 0.6) is 0 Å². The van der Waals surface area contributed by atoms with Crippen molar-refractivity contribution in [1.29, 1.82) is 0 Å². The van der Waals surface area contributed by atoms with Crippen LogP contribution < -0.4 is 17.2 Å². The van der Waals surface area contributed by atoms with E-state index in [0.717, 1.165) is 50.4 Å². The van der Waals surface area contributed by atoms with Crippen molar-refractivity contribution in [2.75, 3.05) is 17.2 Å². The molecule has 4 aromatic carbocycles. The molecule has 30 heavy (non-hydrogen) atoms. The molecule has 0 aliphatic carbocycles. The Balaban J connectivity index is 1.98. The summed E-state index contributed by atoms with van der Waals surface area (Å²) in [6.45, 7) is 6.29. The Hall–Kier alpha value is -3.72. The highest BCUT2D eigenvalue weighted by Crippen LogP contribution is 2.37. The van der Waals surface area contributed by atoms with Gasteiger partial charge in [-0.05, 0) is 125 Å². The predicted octanol–water partition coefficient (Wildman–Crippen LogP) is 6.36. The van der Waals surface area contributed by atoms with Crippen LogP contribution in [0.3, 0.4) is 0 Å². The quantitative estimate of drug-likeness (QED) is 0.354. The molecule has 0 saturated carbocycles. The van der Waals surface area contributed by atoms with Crippen LogP contribution in [0.1, 0.15) is 16.7 Å². The zero-order chi connectivity index (χ0) is 21.4. The Kier molecular flexibility index (Phi) is 4.96. The summed E-state index contributed by atoms with van der Waals surface area (Å²) in [4.78, 5) is 0. The molecular formula is C27H27N3. The molecule has 0 heterocycles. The Morgan fingerprint density at radius 1 is 0.400 bits per heavy atom. The third-order valence-corrected chi connectivity index (χ3v) is 5.62. The minimum atomic E-state index is 0.774. The topological polar surface area (TPSA) is 78.1 Å². The molecule has 0 saturated heterocycles. The van der Waals surface area contributed by atoms with Crippen LogP contribution in [-0.2, 0) is 0 Å². The normalized spacial score (nSPS) is 10.9. The summed E-state index contributed by atoms with van der Waals surface area (Å²) in [5, 5.41) is 0. The molecule has 3 heteroatoms. The summed E-state index contributed by atoms with van der Waals surface area (Å²) < 4.78 is 0. The lowest BCUT2D eigenvalue weighted by atomic mass is 9.89. The van der Waals surface area contributed by atoms with Crippen LogP contribution in [0.4, 0.5) is 17.1 Å². The monoisotopic (exact) mass is 393 g/mol. The number of nitrogens with two attached hydrogens (primary N) is 3. The van der Waals surface area contributed by atoms with E-state index in [0.29, 0.717) is 0 Å². The Morgan fingerprint density at radius 3 is 0.900 bits per heavy atom. The molecule has 0 atom stereocenters. The number of hydrogen-bond acceptors (Lipinski definition) is 3. The summed E-state index contributed by atoms with van der Waals surface area (Å²) in [5.74, 6) is 0. The fraction of sp³-hybridized carbons (Fsp3) is 0.111. The van der Waals surface area contributed by atoms with Crippen molar-refractivity contribution in [2.45, 2.75) is 20.8 Å². The lowest BCUT2D eigenvalue weighted by molar-refractivity contribution is 1.43. The van der Waals surface area contributed by atoms with Gasteiger partial charge in [0.1, 0.15) is 0 Å². The van der Waals surface area contributed by atoms with Crippen LogP contribution >= 0.6 is 0 Å². The lowest BCUT2D eigenvalue weighted by Crippen LogP contribution is -1.94. The van der Waals surface area contributed by atoms with Gasteiger partial charge in [0.15, 0.2) is 0 Å². The highest BCUT2D eigenvalue weighted by atomic mass is 14.5. The smallest absolute Gasteiger partial charge is 0.0317 e. The molecule has 150 valence electrons. The van der Waals surface area contributed by atoms with Crippen LogP contribution in [0.25, 0.3) is 33.4 Å². The summed E-state index contributed by atoms with van der Waals surface area (Å²) in [6.07, 6.45) is 0. The summed E-state index contributed by atoms with van der Waals surface area (Å²) in [7, 11) is 0. The van der Waals surface area contributed by atoms with E-state index in [1.165, 1.54) is 16.7 Å². The van der Waals surface area contributed by atoms with E-state index >= 15 is 0 Å². The van der Waals surface area contributed by atoms with E-state index in [4.69, 9.17) is 17.2 Å². The Bertz CT molecular complexity index is 1090. The molecule has 3 nitrogen and oxygen atoms in total. The van der Waals surface area contributed by atoms with Gasteiger partial charge in [-0.3, -0.25) is 0 Å². The molecule has 0 bridgehead atoms. The molecule has 0 aromatic heterocycles. The van der Waals surface area contributed by atoms with E-state index in [-0.39, 0.29) is 0 Å². The number of aryl methyl sites for hydroxylation is 3. The summed E-state index contributed by atoms with van der Waals surface area (Å²) >= 11 is 0. The molecule has 0 aliphatic heterocycles. The van der Waals surface area contributed by atoms with Gasteiger partial charge in [-0.1, -0.05) is 18.2 Å². The molecular weight excluding hydrogens is 366 g/mol. The highest BCUT2D eigenvalue weighted by Gasteiger charge is 2.12. The number of hydrogen-bond donors (Lipinski definition) is 3. The molecule has 0 fully saturated rings. The fourth-order valence-electron chi connectivity index (χ4n) is 4.13. The van der Waals surface area contributed by atoms with E-state index in [2.05, 4.69) is 57.2 Å². The molecule has 0 aliphatic rings. The first-order valence-electron chi connectivity index (χ1n) is 10.1. The van der Waals surface area contributed by atoms with Gasteiger partial charge in [-0.15, -0.1) is 0 Å². The standard InChI is InChI=1S/C27H27N3/c1-16-10-22(28)4-7-25(16)19-13-20(26-8-5-23(29)11-17(26)2)15-21(14-19)27-9-6-24(30)12-18(27)3/h4-15H,28-30H2,1-3H3. The fourth-order valence-corrected chi connectivity index (χ4v) is 4.13. The zero-order valence-corrected chi connectivity index (χ0v) is 17.7. The van der Waals surface area contributed by atoms with E-state index in [9.17, 15) is 0 Å². The number of anilines is 3. The van der Waals surface area contributed by atoms with E-state index in [1.54, 1.807) is 0 Å². The maximum absolute atomic E-state index is 5.99. The SMILES string of the molecule is Cc1cc(N)ccc1-c1cc(-c2ccc(N)cc2C)cc(-c2ccc(N)cc2C)c1. The van der Waals surface area contributed by atoms with Crippen molar-refractivity contribution >= 4 is 17.1 Å². The van der Waals surface area contributed by atoms with Crippen LogP contribution in [-0.4, -0.2) is 0 Å². The molecule has 0 unspecified atom stereocenters. The number of rotatable bonds is 3. The van der Waals surface area contributed by atoms with Gasteiger partial charge in [0.25, 0.3) is 0 Å². The van der Waals surface area contributed by atoms with Crippen molar-refractivity contribution in [2.24, 2.45) is 0 Å². The lowest BCUT2D eigenvalue weighted by Gasteiger charge is -2.16. The maximum atomic E-state index is 5.99. The average molecular weight is 394 g/mol. The second kappa shape index (κ2) is 7.60. The van der Waals surface area contributed by atoms with Gasteiger partial charge >= 0.3 is 0 Å². The maximum Gasteiger partial charge on any atom is 0.0317 e. The first-order chi connectivity index (χ1) is 14.3. The first kappa shape index (κ1) is 19.6. The van der Waals surface area contributed by atoms with Gasteiger partial charge in [0.05, 0.1) is 0 Å². The number of nitrogen functional groups attached to an aromatic ring is 3. The Morgan fingerprint density at radius 2 is 0.667 bits per heavy atom. The predicted molar refractivity (Wildman–Crippen MR) is 130 cm³/mol. The molecule has 0 radical (unpaired) electrons. The third-order valence-electron chi connectivity index (χ3n) is 5.62. The van der Waals surface area contributed by atoms with E-state index < -0.39 is 0 Å². The minimum Gasteiger partial charge on any atom is -0.399 e. The van der Waals surface area contributed by atoms with Crippen LogP contribution in [0, 0.1) is 20.8 Å². The van der Waals surface area contributed by atoms with Crippen molar-refractivity contribution in [3.8, 4) is 33.4 Å². The first-order valence-corrected chi connectivity index (χ1v) is 10.1. The van der Waals surface area contributed by atoms with Crippen molar-refractivity contribution < 1.29 is 0 Å². The molecule has 0 amide bonds. The van der Waals surface area contributed by atoms with E-state index in [1.807, 2.05) is 36.4 Å². The van der Waals surface area contributed by atoms with Crippen LogP contribution in [0.15, 0.2) is 72.8 Å². The number of benzene rings is 4. The van der Waals surface area contributed by atoms with Crippen molar-refractivity contribution in [3.05, 3.63) is 89.5 Å². The van der Waals surface area contributed by atoms with Gasteiger partial charge in [0, 0.05) is 17.1 Å². The summed E-state index contributed by atoms with van der Waals surface area (Å²) in [5.41, 5.74) is 30.8. The average Bonchev–Trinajstić information content (AvgIpc) is 2.67. The zero-order valence-electron chi connectivity index (χ0n) is 17.7. The van der Waals surface area contributed by atoms with Gasteiger partial charge in [-0.25, -0.2) is 0 Å². The highest BCUT2D eigenvalue weighted by molar-refractivity contribution is 5.84. The van der Waals surface area contributed by atoms with Crippen molar-refractivity contribution in [1.82, 2.24) is 0 Å². The van der Waals surface area contributed by atoms with Crippen molar-refractivity contribution in [3.63, 3.8) is 0 Å². The van der Waals surface area contributed by atoms with Crippen LogP contribution in [0.2, 0.25) is 0 Å². The molecule has 4 aromatic rings. The molecule has 0 spiro atoms.